The maximum Gasteiger partial charge on any atom is 0.272 e. The van der Waals surface area contributed by atoms with Crippen molar-refractivity contribution in [3.8, 4) is 0 Å². The first-order chi connectivity index (χ1) is 10.1. The number of benzene rings is 1. The molecule has 1 aromatic rings. The molecule has 0 N–H and O–H groups in total. The zero-order valence-electron chi connectivity index (χ0n) is 12.1. The van der Waals surface area contributed by atoms with E-state index in [2.05, 4.69) is 0 Å². The molecule has 116 valence electrons. The smallest absolute Gasteiger partial charge is 0.258 e. The summed E-state index contributed by atoms with van der Waals surface area (Å²) in [6, 6.07) is 8.14. The molecule has 21 heavy (non-hydrogen) atoms. The van der Waals surface area contributed by atoms with Gasteiger partial charge in [0.15, 0.2) is 0 Å². The van der Waals surface area contributed by atoms with Crippen LogP contribution in [-0.2, 0) is 6.42 Å². The highest BCUT2D eigenvalue weighted by atomic mass is 35.5. The van der Waals surface area contributed by atoms with Gasteiger partial charge >= 0.3 is 0 Å². The number of aryl methyl sites for hydroxylation is 1. The third-order valence-corrected chi connectivity index (χ3v) is 5.24. The number of alkyl halides is 2. The summed E-state index contributed by atoms with van der Waals surface area (Å²) in [7, 11) is 0.645. The fourth-order valence-electron chi connectivity index (χ4n) is 2.26. The van der Waals surface area contributed by atoms with E-state index in [0.717, 1.165) is 30.9 Å². The Kier molecular flexibility index (Phi) is 9.71. The zero-order valence-corrected chi connectivity index (χ0v) is 14.6. The van der Waals surface area contributed by atoms with Gasteiger partial charge in [0, 0.05) is 11.6 Å². The number of nitrogens with zero attached hydrogens (tertiary/aromatic N) is 1. The van der Waals surface area contributed by atoms with Crippen molar-refractivity contribution in [1.29, 1.82) is 0 Å². The van der Waals surface area contributed by atoms with Crippen molar-refractivity contribution in [2.75, 3.05) is 0 Å². The van der Waals surface area contributed by atoms with Crippen LogP contribution < -0.4 is 0 Å². The maximum atomic E-state index is 10.9. The predicted octanol–water partition coefficient (Wildman–Crippen LogP) is 5.36. The summed E-state index contributed by atoms with van der Waals surface area (Å²) in [6.07, 6.45) is 7.75. The maximum absolute atomic E-state index is 10.9. The first-order valence-electron chi connectivity index (χ1n) is 7.35. The number of halogens is 2. The van der Waals surface area contributed by atoms with Crippen molar-refractivity contribution >= 4 is 38.4 Å². The van der Waals surface area contributed by atoms with Gasteiger partial charge in [-0.05, 0) is 12.8 Å². The molecular formula is C15H21Cl2NO2Si. The Hall–Kier alpha value is -0.583. The minimum Gasteiger partial charge on any atom is -0.258 e. The minimum absolute atomic E-state index is 0.202. The highest BCUT2D eigenvalue weighted by molar-refractivity contribution is 6.68. The lowest BCUT2D eigenvalue weighted by Gasteiger charge is -2.04. The van der Waals surface area contributed by atoms with Gasteiger partial charge in [-0.15, -0.1) is 23.2 Å². The summed E-state index contributed by atoms with van der Waals surface area (Å²) in [5, 5.41) is 10.9. The zero-order chi connectivity index (χ0) is 15.5. The van der Waals surface area contributed by atoms with E-state index < -0.39 is 0 Å². The summed E-state index contributed by atoms with van der Waals surface area (Å²) >= 11 is 11.4. The number of hydrogen-bond donors (Lipinski definition) is 0. The SMILES string of the molecule is O=[N+]([O-])c1ccccc1CCCCCCCC[Si]C(Cl)Cl. The fraction of sp³-hybridized carbons (Fsp3) is 0.600. The molecule has 0 amide bonds. The van der Waals surface area contributed by atoms with Crippen LogP contribution in [0.3, 0.4) is 0 Å². The Labute approximate surface area is 139 Å². The standard InChI is InChI=1S/C15H21Cl2NO2Si/c16-15(17)21-12-8-4-2-1-3-5-9-13-10-6-7-11-14(13)18(19)20/h6-7,10-11,15H,1-5,8-9,12H2. The van der Waals surface area contributed by atoms with E-state index in [-0.39, 0.29) is 15.1 Å². The number of rotatable bonds is 11. The lowest BCUT2D eigenvalue weighted by Crippen LogP contribution is -2.00. The quantitative estimate of drug-likeness (QED) is 0.178. The van der Waals surface area contributed by atoms with Gasteiger partial charge in [0.2, 0.25) is 0 Å². The molecule has 0 spiro atoms. The van der Waals surface area contributed by atoms with Gasteiger partial charge in [-0.2, -0.15) is 0 Å². The van der Waals surface area contributed by atoms with Gasteiger partial charge in [0.05, 0.1) is 18.9 Å². The minimum atomic E-state index is -0.295. The Morgan fingerprint density at radius 3 is 2.33 bits per heavy atom. The summed E-state index contributed by atoms with van der Waals surface area (Å²) in [5.41, 5.74) is 1.09. The third-order valence-electron chi connectivity index (χ3n) is 3.36. The average molecular weight is 346 g/mol. The number of hydrogen-bond acceptors (Lipinski definition) is 2. The Balaban J connectivity index is 2.08. The molecule has 2 radical (unpaired) electrons. The summed E-state index contributed by atoms with van der Waals surface area (Å²) in [5.74, 6) is 0. The van der Waals surface area contributed by atoms with Crippen molar-refractivity contribution in [1.82, 2.24) is 0 Å². The Morgan fingerprint density at radius 2 is 1.67 bits per heavy atom. The van der Waals surface area contributed by atoms with Crippen molar-refractivity contribution in [2.24, 2.45) is 0 Å². The molecule has 0 saturated carbocycles. The van der Waals surface area contributed by atoms with Crippen molar-refractivity contribution < 1.29 is 4.92 Å². The monoisotopic (exact) mass is 345 g/mol. The van der Waals surface area contributed by atoms with Crippen LogP contribution in [-0.4, -0.2) is 18.9 Å². The van der Waals surface area contributed by atoms with Gasteiger partial charge in [0.1, 0.15) is 0 Å². The lowest BCUT2D eigenvalue weighted by atomic mass is 10.0. The normalized spacial score (nSPS) is 11.0. The molecule has 0 saturated heterocycles. The first kappa shape index (κ1) is 18.5. The van der Waals surface area contributed by atoms with Gasteiger partial charge in [0.25, 0.3) is 5.69 Å². The van der Waals surface area contributed by atoms with E-state index in [1.54, 1.807) is 12.1 Å². The molecule has 3 nitrogen and oxygen atoms in total. The molecule has 0 aliphatic heterocycles. The molecule has 0 aliphatic rings. The van der Waals surface area contributed by atoms with E-state index in [0.29, 0.717) is 9.52 Å². The number of nitro benzene ring substituents is 1. The van der Waals surface area contributed by atoms with Crippen molar-refractivity contribution in [3.05, 3.63) is 39.9 Å². The second kappa shape index (κ2) is 11.0. The molecule has 0 fully saturated rings. The van der Waals surface area contributed by atoms with Gasteiger partial charge in [-0.3, -0.25) is 10.1 Å². The molecule has 1 rings (SSSR count). The molecule has 0 aromatic heterocycles. The number of unbranched alkanes of at least 4 members (excludes halogenated alkanes) is 5. The molecule has 0 bridgehead atoms. The summed E-state index contributed by atoms with van der Waals surface area (Å²) in [6.45, 7) is 0. The molecule has 0 atom stereocenters. The highest BCUT2D eigenvalue weighted by Gasteiger charge is 2.11. The van der Waals surface area contributed by atoms with Gasteiger partial charge in [-0.1, -0.05) is 56.3 Å². The van der Waals surface area contributed by atoms with Gasteiger partial charge in [-0.25, -0.2) is 0 Å². The number of para-hydroxylation sites is 1. The summed E-state index contributed by atoms with van der Waals surface area (Å²) < 4.78 is -0.202. The highest BCUT2D eigenvalue weighted by Crippen LogP contribution is 2.20. The number of nitro groups is 1. The largest absolute Gasteiger partial charge is 0.272 e. The predicted molar refractivity (Wildman–Crippen MR) is 90.6 cm³/mol. The van der Waals surface area contributed by atoms with Crippen LogP contribution in [0, 0.1) is 10.1 Å². The Bertz CT molecular complexity index is 430. The molecule has 6 heteroatoms. The van der Waals surface area contributed by atoms with E-state index in [4.69, 9.17) is 23.2 Å². The molecular weight excluding hydrogens is 325 g/mol. The summed E-state index contributed by atoms with van der Waals surface area (Å²) in [4.78, 5) is 10.6. The van der Waals surface area contributed by atoms with Crippen molar-refractivity contribution in [2.45, 2.75) is 55.4 Å². The van der Waals surface area contributed by atoms with Crippen LogP contribution in [0.15, 0.2) is 24.3 Å². The topological polar surface area (TPSA) is 43.1 Å². The fourth-order valence-corrected chi connectivity index (χ4v) is 3.59. The van der Waals surface area contributed by atoms with Crippen LogP contribution >= 0.6 is 23.2 Å². The van der Waals surface area contributed by atoms with Crippen LogP contribution in [0.2, 0.25) is 6.04 Å². The van der Waals surface area contributed by atoms with Crippen LogP contribution in [0.5, 0.6) is 0 Å². The van der Waals surface area contributed by atoms with Gasteiger partial charge < -0.3 is 0 Å². The lowest BCUT2D eigenvalue weighted by molar-refractivity contribution is -0.385. The molecule has 1 aromatic carbocycles. The van der Waals surface area contributed by atoms with Crippen LogP contribution in [0.1, 0.15) is 44.1 Å². The van der Waals surface area contributed by atoms with Crippen molar-refractivity contribution in [3.63, 3.8) is 0 Å². The van der Waals surface area contributed by atoms with Crippen LogP contribution in [0.25, 0.3) is 0 Å². The van der Waals surface area contributed by atoms with E-state index in [9.17, 15) is 10.1 Å². The van der Waals surface area contributed by atoms with E-state index in [1.165, 1.54) is 25.7 Å². The Morgan fingerprint density at radius 1 is 1.05 bits per heavy atom. The molecule has 0 aliphatic carbocycles. The second-order valence-electron chi connectivity index (χ2n) is 5.01. The molecule has 0 unspecified atom stereocenters. The second-order valence-corrected chi connectivity index (χ2v) is 8.33. The van der Waals surface area contributed by atoms with E-state index in [1.807, 2.05) is 12.1 Å². The van der Waals surface area contributed by atoms with E-state index >= 15 is 0 Å². The first-order valence-corrected chi connectivity index (χ1v) is 9.51. The third kappa shape index (κ3) is 8.44. The average Bonchev–Trinajstić information content (AvgIpc) is 2.45. The van der Waals surface area contributed by atoms with Crippen LogP contribution in [0.4, 0.5) is 5.69 Å². The molecule has 0 heterocycles.